The molecule has 1 atom stereocenters. The molecule has 16 heavy (non-hydrogen) atoms. The first-order valence-corrected chi connectivity index (χ1v) is 6.28. The zero-order valence-electron chi connectivity index (χ0n) is 11.3. The van der Waals surface area contributed by atoms with Crippen LogP contribution in [0, 0.1) is 11.3 Å². The van der Waals surface area contributed by atoms with Crippen molar-refractivity contribution in [1.82, 2.24) is 5.32 Å². The van der Waals surface area contributed by atoms with E-state index in [2.05, 4.69) is 26.1 Å². The number of carbonyl (C=O) groups excluding carboxylic acids is 1. The van der Waals surface area contributed by atoms with Gasteiger partial charge in [-0.1, -0.05) is 34.6 Å². The first kappa shape index (κ1) is 15.4. The Bertz CT molecular complexity index is 204. The molecular weight excluding hydrogens is 202 g/mol. The van der Waals surface area contributed by atoms with Crippen LogP contribution in [-0.2, 0) is 4.79 Å². The highest BCUT2D eigenvalue weighted by Gasteiger charge is 2.27. The van der Waals surface area contributed by atoms with Crippen LogP contribution in [0.25, 0.3) is 0 Å². The smallest absolute Gasteiger partial charge is 0.223 e. The molecule has 0 saturated carbocycles. The average molecular weight is 229 g/mol. The van der Waals surface area contributed by atoms with Crippen LogP contribution in [-0.4, -0.2) is 23.7 Å². The topological polar surface area (TPSA) is 49.3 Å². The summed E-state index contributed by atoms with van der Waals surface area (Å²) in [5, 5.41) is 12.1. The predicted molar refractivity (Wildman–Crippen MR) is 67.2 cm³/mol. The Morgan fingerprint density at radius 3 is 2.06 bits per heavy atom. The van der Waals surface area contributed by atoms with Gasteiger partial charge < -0.3 is 10.4 Å². The number of hydrogen-bond donors (Lipinski definition) is 2. The maximum atomic E-state index is 11.9. The Balaban J connectivity index is 4.45. The van der Waals surface area contributed by atoms with E-state index in [0.717, 1.165) is 12.8 Å². The minimum absolute atomic E-state index is 0.00950. The standard InChI is InChI=1S/C13H27NO2/c1-6-10(7-2)12(16)14-11(8-9-15)13(3,4)5/h10-11,15H,6-9H2,1-5H3,(H,14,16). The molecule has 0 aromatic carbocycles. The molecule has 0 aliphatic rings. The molecule has 2 N–H and O–H groups in total. The molecule has 1 amide bonds. The number of aliphatic hydroxyl groups is 1. The molecule has 0 saturated heterocycles. The van der Waals surface area contributed by atoms with Gasteiger partial charge in [-0.05, 0) is 24.7 Å². The van der Waals surface area contributed by atoms with Gasteiger partial charge in [0.15, 0.2) is 0 Å². The molecule has 0 radical (unpaired) electrons. The minimum Gasteiger partial charge on any atom is -0.396 e. The predicted octanol–water partition coefficient (Wildman–Crippen LogP) is 2.34. The van der Waals surface area contributed by atoms with Crippen LogP contribution in [0.2, 0.25) is 0 Å². The lowest BCUT2D eigenvalue weighted by molar-refractivity contribution is -0.126. The summed E-state index contributed by atoms with van der Waals surface area (Å²) < 4.78 is 0. The van der Waals surface area contributed by atoms with Crippen LogP contribution in [0.15, 0.2) is 0 Å². The van der Waals surface area contributed by atoms with Gasteiger partial charge in [-0.2, -0.15) is 0 Å². The van der Waals surface area contributed by atoms with Gasteiger partial charge in [-0.25, -0.2) is 0 Å². The molecular formula is C13H27NO2. The van der Waals surface area contributed by atoms with Crippen molar-refractivity contribution in [2.75, 3.05) is 6.61 Å². The highest BCUT2D eigenvalue weighted by atomic mass is 16.3. The monoisotopic (exact) mass is 229 g/mol. The van der Waals surface area contributed by atoms with E-state index in [4.69, 9.17) is 5.11 Å². The van der Waals surface area contributed by atoms with Crippen LogP contribution >= 0.6 is 0 Å². The average Bonchev–Trinajstić information content (AvgIpc) is 2.17. The summed E-state index contributed by atoms with van der Waals surface area (Å²) in [4.78, 5) is 11.9. The number of aliphatic hydroxyl groups excluding tert-OH is 1. The number of carbonyl (C=O) groups is 1. The molecule has 0 aromatic rings. The third-order valence-corrected chi connectivity index (χ3v) is 3.14. The van der Waals surface area contributed by atoms with Crippen molar-refractivity contribution < 1.29 is 9.90 Å². The van der Waals surface area contributed by atoms with Crippen LogP contribution < -0.4 is 5.32 Å². The summed E-state index contributed by atoms with van der Waals surface area (Å²) in [6, 6.07) is 0.0469. The van der Waals surface area contributed by atoms with E-state index in [1.54, 1.807) is 0 Å². The molecule has 0 bridgehead atoms. The first-order chi connectivity index (χ1) is 7.36. The summed E-state index contributed by atoms with van der Waals surface area (Å²) in [7, 11) is 0. The maximum Gasteiger partial charge on any atom is 0.223 e. The van der Waals surface area contributed by atoms with E-state index >= 15 is 0 Å². The second-order valence-corrected chi connectivity index (χ2v) is 5.45. The minimum atomic E-state index is -0.00950. The lowest BCUT2D eigenvalue weighted by Crippen LogP contribution is -2.46. The summed E-state index contributed by atoms with van der Waals surface area (Å²) in [6.07, 6.45) is 2.37. The van der Waals surface area contributed by atoms with E-state index in [-0.39, 0.29) is 29.9 Å². The van der Waals surface area contributed by atoms with E-state index in [1.165, 1.54) is 0 Å². The van der Waals surface area contributed by atoms with Crippen molar-refractivity contribution >= 4 is 5.91 Å². The molecule has 0 spiro atoms. The lowest BCUT2D eigenvalue weighted by atomic mass is 9.84. The molecule has 3 nitrogen and oxygen atoms in total. The largest absolute Gasteiger partial charge is 0.396 e. The number of hydrogen-bond acceptors (Lipinski definition) is 2. The SMILES string of the molecule is CCC(CC)C(=O)NC(CCO)C(C)(C)C. The summed E-state index contributed by atoms with van der Waals surface area (Å²) in [5.41, 5.74) is -0.00950. The van der Waals surface area contributed by atoms with E-state index in [9.17, 15) is 4.79 Å². The molecule has 0 rings (SSSR count). The number of amides is 1. The second kappa shape index (κ2) is 6.89. The molecule has 0 aromatic heterocycles. The molecule has 3 heteroatoms. The van der Waals surface area contributed by atoms with Gasteiger partial charge in [0.1, 0.15) is 0 Å². The second-order valence-electron chi connectivity index (χ2n) is 5.45. The molecule has 96 valence electrons. The molecule has 1 unspecified atom stereocenters. The molecule has 0 heterocycles. The fourth-order valence-electron chi connectivity index (χ4n) is 1.80. The molecule has 0 aliphatic heterocycles. The zero-order valence-corrected chi connectivity index (χ0v) is 11.3. The van der Waals surface area contributed by atoms with Crippen molar-refractivity contribution in [3.05, 3.63) is 0 Å². The van der Waals surface area contributed by atoms with Gasteiger partial charge in [0.05, 0.1) is 0 Å². The van der Waals surface area contributed by atoms with Gasteiger partial charge in [0, 0.05) is 18.6 Å². The summed E-state index contributed by atoms with van der Waals surface area (Å²) in [6.45, 7) is 10.4. The van der Waals surface area contributed by atoms with Crippen molar-refractivity contribution in [2.24, 2.45) is 11.3 Å². The quantitative estimate of drug-likeness (QED) is 0.734. The van der Waals surface area contributed by atoms with Crippen molar-refractivity contribution in [1.29, 1.82) is 0 Å². The van der Waals surface area contributed by atoms with Gasteiger partial charge in [-0.3, -0.25) is 4.79 Å². The Morgan fingerprint density at radius 1 is 1.25 bits per heavy atom. The third kappa shape index (κ3) is 4.97. The molecule has 0 aliphatic carbocycles. The van der Waals surface area contributed by atoms with Crippen LogP contribution in [0.4, 0.5) is 0 Å². The van der Waals surface area contributed by atoms with Crippen LogP contribution in [0.3, 0.4) is 0 Å². The normalized spacial score (nSPS) is 13.9. The zero-order chi connectivity index (χ0) is 12.8. The Hall–Kier alpha value is -0.570. The van der Waals surface area contributed by atoms with Crippen LogP contribution in [0.5, 0.6) is 0 Å². The fraction of sp³-hybridized carbons (Fsp3) is 0.923. The van der Waals surface area contributed by atoms with Crippen molar-refractivity contribution in [2.45, 2.75) is 59.9 Å². The third-order valence-electron chi connectivity index (χ3n) is 3.14. The fourth-order valence-corrected chi connectivity index (χ4v) is 1.80. The van der Waals surface area contributed by atoms with Crippen molar-refractivity contribution in [3.63, 3.8) is 0 Å². The first-order valence-electron chi connectivity index (χ1n) is 6.28. The van der Waals surface area contributed by atoms with E-state index < -0.39 is 0 Å². The Labute approximate surface area is 99.6 Å². The Kier molecular flexibility index (Phi) is 6.65. The van der Waals surface area contributed by atoms with Gasteiger partial charge in [-0.15, -0.1) is 0 Å². The molecule has 0 fully saturated rings. The van der Waals surface area contributed by atoms with E-state index in [1.807, 2.05) is 13.8 Å². The Morgan fingerprint density at radius 2 is 1.75 bits per heavy atom. The van der Waals surface area contributed by atoms with Gasteiger partial charge >= 0.3 is 0 Å². The lowest BCUT2D eigenvalue weighted by Gasteiger charge is -2.32. The van der Waals surface area contributed by atoms with Crippen molar-refractivity contribution in [3.8, 4) is 0 Å². The van der Waals surface area contributed by atoms with Crippen LogP contribution in [0.1, 0.15) is 53.9 Å². The van der Waals surface area contributed by atoms with Gasteiger partial charge in [0.2, 0.25) is 5.91 Å². The highest BCUT2D eigenvalue weighted by Crippen LogP contribution is 2.22. The van der Waals surface area contributed by atoms with E-state index in [0.29, 0.717) is 6.42 Å². The summed E-state index contributed by atoms with van der Waals surface area (Å²) in [5.74, 6) is 0.224. The van der Waals surface area contributed by atoms with Gasteiger partial charge in [0.25, 0.3) is 0 Å². The number of rotatable bonds is 6. The summed E-state index contributed by atoms with van der Waals surface area (Å²) >= 11 is 0. The highest BCUT2D eigenvalue weighted by molar-refractivity contribution is 5.78. The number of nitrogens with one attached hydrogen (secondary N) is 1. The maximum absolute atomic E-state index is 11.9.